The van der Waals surface area contributed by atoms with Crippen LogP contribution in [0, 0.1) is 29.1 Å². The second-order valence-corrected chi connectivity index (χ2v) is 9.31. The van der Waals surface area contributed by atoms with E-state index < -0.39 is 0 Å². The van der Waals surface area contributed by atoms with E-state index in [4.69, 9.17) is 4.74 Å². The van der Waals surface area contributed by atoms with Crippen molar-refractivity contribution in [3.8, 4) is 5.75 Å². The third-order valence-electron chi connectivity index (χ3n) is 6.48. The fourth-order valence-electron chi connectivity index (χ4n) is 6.15. The zero-order valence-electron chi connectivity index (χ0n) is 15.1. The Morgan fingerprint density at radius 1 is 1.04 bits per heavy atom. The van der Waals surface area contributed by atoms with Crippen LogP contribution in [0.25, 0.3) is 0 Å². The number of hydrogen-bond donors (Lipinski definition) is 0. The first-order valence-corrected chi connectivity index (χ1v) is 9.79. The molecule has 0 radical (unpaired) electrons. The van der Waals surface area contributed by atoms with Crippen molar-refractivity contribution in [2.75, 3.05) is 0 Å². The minimum absolute atomic E-state index is 0.0199. The normalized spacial score (nSPS) is 33.9. The number of benzene rings is 1. The Morgan fingerprint density at radius 2 is 1.58 bits per heavy atom. The van der Waals surface area contributed by atoms with Gasteiger partial charge in [-0.3, -0.25) is 4.79 Å². The maximum absolute atomic E-state index is 12.5. The Labute approximate surface area is 146 Å². The number of ether oxygens (including phenoxy) is 1. The Bertz CT molecular complexity index is 564. The van der Waals surface area contributed by atoms with Crippen LogP contribution in [0.4, 0.5) is 0 Å². The molecular weight excluding hydrogens is 296 g/mol. The molecule has 0 aromatic heterocycles. The molecule has 0 atom stereocenters. The van der Waals surface area contributed by atoms with Crippen LogP contribution in [0.15, 0.2) is 24.3 Å². The van der Waals surface area contributed by atoms with Crippen molar-refractivity contribution >= 4 is 5.97 Å². The molecule has 0 N–H and O–H groups in total. The molecule has 1 aromatic carbocycles. The summed E-state index contributed by atoms with van der Waals surface area (Å²) in [7, 11) is 0. The molecule has 2 heteroatoms. The van der Waals surface area contributed by atoms with E-state index in [1.54, 1.807) is 0 Å². The monoisotopic (exact) mass is 326 g/mol. The van der Waals surface area contributed by atoms with Crippen LogP contribution in [0.5, 0.6) is 5.75 Å². The molecule has 0 saturated heterocycles. The number of carbonyl (C=O) groups excluding carboxylic acids is 1. The van der Waals surface area contributed by atoms with Gasteiger partial charge in [-0.25, -0.2) is 0 Å². The third kappa shape index (κ3) is 3.38. The summed E-state index contributed by atoms with van der Waals surface area (Å²) >= 11 is 0. The van der Waals surface area contributed by atoms with Gasteiger partial charge in [0.1, 0.15) is 5.75 Å². The van der Waals surface area contributed by atoms with Gasteiger partial charge in [-0.2, -0.15) is 0 Å². The highest BCUT2D eigenvalue weighted by Crippen LogP contribution is 2.61. The van der Waals surface area contributed by atoms with Crippen LogP contribution in [0.2, 0.25) is 0 Å². The van der Waals surface area contributed by atoms with Gasteiger partial charge < -0.3 is 4.74 Å². The molecule has 4 saturated carbocycles. The molecule has 24 heavy (non-hydrogen) atoms. The highest BCUT2D eigenvalue weighted by atomic mass is 16.5. The largest absolute Gasteiger partial charge is 0.427 e. The van der Waals surface area contributed by atoms with Crippen LogP contribution in [-0.4, -0.2) is 5.97 Å². The van der Waals surface area contributed by atoms with E-state index in [1.165, 1.54) is 44.1 Å². The summed E-state index contributed by atoms with van der Waals surface area (Å²) in [6.45, 7) is 4.44. The molecule has 0 heterocycles. The molecule has 4 aliphatic carbocycles. The van der Waals surface area contributed by atoms with Crippen LogP contribution < -0.4 is 4.74 Å². The van der Waals surface area contributed by atoms with Gasteiger partial charge in [0.05, 0.1) is 6.42 Å². The first-order valence-electron chi connectivity index (χ1n) is 9.79. The lowest BCUT2D eigenvalue weighted by Crippen LogP contribution is -2.47. The third-order valence-corrected chi connectivity index (χ3v) is 6.48. The van der Waals surface area contributed by atoms with Gasteiger partial charge in [0.2, 0.25) is 0 Å². The predicted molar refractivity (Wildman–Crippen MR) is 95.8 cm³/mol. The number of rotatable bonds is 5. The summed E-state index contributed by atoms with van der Waals surface area (Å²) in [5.74, 6) is 4.00. The van der Waals surface area contributed by atoms with Gasteiger partial charge in [-0.15, -0.1) is 0 Å². The standard InChI is InChI=1S/C22H30O2/c1-15(2)7-16-3-5-20(6-4-16)24-21(23)14-22-11-17-8-18(12-22)10-19(9-17)13-22/h3-6,15,17-19H,7-14H2,1-2H3. The molecule has 4 bridgehead atoms. The van der Waals surface area contributed by atoms with Crippen LogP contribution >= 0.6 is 0 Å². The summed E-state index contributed by atoms with van der Waals surface area (Å²) in [6, 6.07) is 8.09. The second-order valence-electron chi connectivity index (χ2n) is 9.31. The highest BCUT2D eigenvalue weighted by molar-refractivity contribution is 5.73. The van der Waals surface area contributed by atoms with Gasteiger partial charge in [0.15, 0.2) is 0 Å². The van der Waals surface area contributed by atoms with E-state index >= 15 is 0 Å². The van der Waals surface area contributed by atoms with E-state index in [0.29, 0.717) is 18.1 Å². The second kappa shape index (κ2) is 6.20. The van der Waals surface area contributed by atoms with Crippen LogP contribution in [-0.2, 0) is 11.2 Å². The topological polar surface area (TPSA) is 26.3 Å². The molecule has 2 nitrogen and oxygen atoms in total. The molecule has 0 spiro atoms. The van der Waals surface area contributed by atoms with Gasteiger partial charge in [0.25, 0.3) is 0 Å². The molecule has 4 aliphatic rings. The SMILES string of the molecule is CC(C)Cc1ccc(OC(=O)CC23CC4CC(CC(C4)C2)C3)cc1. The average Bonchev–Trinajstić information content (AvgIpc) is 2.46. The van der Waals surface area contributed by atoms with Gasteiger partial charge in [0, 0.05) is 0 Å². The molecule has 0 aliphatic heterocycles. The number of esters is 1. The molecular formula is C22H30O2. The van der Waals surface area contributed by atoms with Gasteiger partial charge >= 0.3 is 5.97 Å². The molecule has 0 unspecified atom stereocenters. The van der Waals surface area contributed by atoms with Crippen molar-refractivity contribution < 1.29 is 9.53 Å². The van der Waals surface area contributed by atoms with Crippen molar-refractivity contribution in [1.29, 1.82) is 0 Å². The fraction of sp³-hybridized carbons (Fsp3) is 0.682. The van der Waals surface area contributed by atoms with Crippen LogP contribution in [0.3, 0.4) is 0 Å². The summed E-state index contributed by atoms with van der Waals surface area (Å²) in [5, 5.41) is 0. The van der Waals surface area contributed by atoms with Crippen molar-refractivity contribution in [2.45, 2.75) is 65.2 Å². The summed E-state index contributed by atoms with van der Waals surface area (Å²) < 4.78 is 5.67. The zero-order chi connectivity index (χ0) is 16.7. The molecule has 1 aromatic rings. The number of hydrogen-bond acceptors (Lipinski definition) is 2. The lowest BCUT2D eigenvalue weighted by Gasteiger charge is -2.56. The van der Waals surface area contributed by atoms with Crippen molar-refractivity contribution in [2.24, 2.45) is 29.1 Å². The maximum Gasteiger partial charge on any atom is 0.311 e. The molecule has 130 valence electrons. The molecule has 0 amide bonds. The van der Waals surface area contributed by atoms with Crippen molar-refractivity contribution in [3.63, 3.8) is 0 Å². The van der Waals surface area contributed by atoms with Crippen molar-refractivity contribution in [1.82, 2.24) is 0 Å². The lowest BCUT2D eigenvalue weighted by molar-refractivity contribution is -0.142. The summed E-state index contributed by atoms with van der Waals surface area (Å²) in [4.78, 5) is 12.5. The van der Waals surface area contributed by atoms with E-state index in [9.17, 15) is 4.79 Å². The fourth-order valence-corrected chi connectivity index (χ4v) is 6.15. The summed E-state index contributed by atoms with van der Waals surface area (Å²) in [6.07, 6.45) is 9.76. The molecule has 4 fully saturated rings. The van der Waals surface area contributed by atoms with Crippen LogP contribution in [0.1, 0.15) is 64.4 Å². The summed E-state index contributed by atoms with van der Waals surface area (Å²) in [5.41, 5.74) is 1.58. The van der Waals surface area contributed by atoms with E-state index in [0.717, 1.165) is 24.2 Å². The molecule has 5 rings (SSSR count). The van der Waals surface area contributed by atoms with E-state index in [1.807, 2.05) is 12.1 Å². The average molecular weight is 326 g/mol. The minimum Gasteiger partial charge on any atom is -0.427 e. The van der Waals surface area contributed by atoms with E-state index in [2.05, 4.69) is 26.0 Å². The first-order chi connectivity index (χ1) is 11.5. The Hall–Kier alpha value is -1.31. The zero-order valence-corrected chi connectivity index (χ0v) is 15.1. The quantitative estimate of drug-likeness (QED) is 0.535. The minimum atomic E-state index is -0.0199. The Balaban J connectivity index is 1.37. The maximum atomic E-state index is 12.5. The smallest absolute Gasteiger partial charge is 0.311 e. The Kier molecular flexibility index (Phi) is 4.18. The lowest BCUT2D eigenvalue weighted by atomic mass is 9.49. The van der Waals surface area contributed by atoms with Gasteiger partial charge in [-0.1, -0.05) is 26.0 Å². The van der Waals surface area contributed by atoms with Crippen molar-refractivity contribution in [3.05, 3.63) is 29.8 Å². The van der Waals surface area contributed by atoms with Gasteiger partial charge in [-0.05, 0) is 91.7 Å². The number of carbonyl (C=O) groups is 1. The first kappa shape index (κ1) is 16.2. The van der Waals surface area contributed by atoms with E-state index in [-0.39, 0.29) is 11.4 Å². The highest BCUT2D eigenvalue weighted by Gasteiger charge is 2.51. The predicted octanol–water partition coefficient (Wildman–Crippen LogP) is 5.40. The Morgan fingerprint density at radius 3 is 2.08 bits per heavy atom.